The van der Waals surface area contributed by atoms with E-state index in [1.165, 1.54) is 43.5 Å². The maximum Gasteiger partial charge on any atom is -0.00160 e. The van der Waals surface area contributed by atoms with Crippen LogP contribution in [0.1, 0.15) is 36.3 Å². The van der Waals surface area contributed by atoms with Gasteiger partial charge in [0, 0.05) is 0 Å². The number of hydrogen-bond acceptors (Lipinski definition) is 1. The molecular weight excluding hydrogens is 194 g/mol. The van der Waals surface area contributed by atoms with E-state index in [1.807, 2.05) is 6.08 Å². The third-order valence-corrected chi connectivity index (χ3v) is 3.60. The molecular formula is C15H21N. The lowest BCUT2D eigenvalue weighted by atomic mass is 9.91. The van der Waals surface area contributed by atoms with Gasteiger partial charge in [0.2, 0.25) is 0 Å². The van der Waals surface area contributed by atoms with E-state index in [0.717, 1.165) is 5.92 Å². The van der Waals surface area contributed by atoms with Gasteiger partial charge in [0.15, 0.2) is 0 Å². The first-order valence-electron chi connectivity index (χ1n) is 6.20. The van der Waals surface area contributed by atoms with Gasteiger partial charge in [0.05, 0.1) is 0 Å². The average Bonchev–Trinajstić information content (AvgIpc) is 2.54. The molecule has 0 N–H and O–H groups in total. The van der Waals surface area contributed by atoms with E-state index in [9.17, 15) is 0 Å². The zero-order chi connectivity index (χ0) is 11.4. The van der Waals surface area contributed by atoms with Crippen molar-refractivity contribution in [3.05, 3.63) is 42.0 Å². The number of benzene rings is 1. The zero-order valence-corrected chi connectivity index (χ0v) is 10.2. The minimum absolute atomic E-state index is 0.754. The first-order chi connectivity index (χ1) is 7.79. The highest BCUT2D eigenvalue weighted by Crippen LogP contribution is 2.27. The molecule has 2 rings (SSSR count). The van der Waals surface area contributed by atoms with Gasteiger partial charge in [-0.3, -0.25) is 0 Å². The molecule has 0 bridgehead atoms. The molecule has 0 spiro atoms. The summed E-state index contributed by atoms with van der Waals surface area (Å²) < 4.78 is 0. The molecule has 1 aliphatic heterocycles. The van der Waals surface area contributed by atoms with Gasteiger partial charge in [-0.1, -0.05) is 36.9 Å². The fraction of sp³-hybridized carbons (Fsp3) is 0.467. The van der Waals surface area contributed by atoms with Crippen LogP contribution in [-0.4, -0.2) is 25.0 Å². The fourth-order valence-electron chi connectivity index (χ4n) is 2.48. The van der Waals surface area contributed by atoms with Crippen LogP contribution in [0.15, 0.2) is 30.8 Å². The summed E-state index contributed by atoms with van der Waals surface area (Å²) in [5.74, 6) is 0.754. The fourth-order valence-corrected chi connectivity index (χ4v) is 2.48. The maximum absolute atomic E-state index is 3.79. The second-order valence-corrected chi connectivity index (χ2v) is 4.80. The Morgan fingerprint density at radius 3 is 2.62 bits per heavy atom. The summed E-state index contributed by atoms with van der Waals surface area (Å²) in [6.07, 6.45) is 5.86. The number of nitrogens with zero attached hydrogens (tertiary/aromatic N) is 1. The molecule has 0 amide bonds. The van der Waals surface area contributed by atoms with Gasteiger partial charge >= 0.3 is 0 Å². The summed E-state index contributed by atoms with van der Waals surface area (Å²) in [5.41, 5.74) is 2.72. The van der Waals surface area contributed by atoms with Crippen LogP contribution in [0, 0.1) is 0 Å². The highest BCUT2D eigenvalue weighted by molar-refractivity contribution is 5.47. The van der Waals surface area contributed by atoms with E-state index >= 15 is 0 Å². The van der Waals surface area contributed by atoms with Crippen LogP contribution in [0.25, 0.3) is 6.08 Å². The Labute approximate surface area is 98.8 Å². The molecule has 1 nitrogen and oxygen atoms in total. The van der Waals surface area contributed by atoms with Crippen LogP contribution >= 0.6 is 0 Å². The summed E-state index contributed by atoms with van der Waals surface area (Å²) in [4.78, 5) is 2.44. The predicted molar refractivity (Wildman–Crippen MR) is 70.6 cm³/mol. The Morgan fingerprint density at radius 2 is 1.94 bits per heavy atom. The summed E-state index contributed by atoms with van der Waals surface area (Å²) in [5, 5.41) is 0. The third-order valence-electron chi connectivity index (χ3n) is 3.60. The molecule has 0 radical (unpaired) electrons. The molecule has 0 aliphatic carbocycles. The second-order valence-electron chi connectivity index (χ2n) is 4.80. The quantitative estimate of drug-likeness (QED) is 0.729. The van der Waals surface area contributed by atoms with Gasteiger partial charge < -0.3 is 4.90 Å². The van der Waals surface area contributed by atoms with Crippen molar-refractivity contribution < 1.29 is 0 Å². The second kappa shape index (κ2) is 5.31. The predicted octanol–water partition coefficient (Wildman–Crippen LogP) is 3.53. The molecule has 86 valence electrons. The molecule has 0 saturated carbocycles. The lowest BCUT2D eigenvalue weighted by Crippen LogP contribution is -2.18. The highest BCUT2D eigenvalue weighted by Gasteiger charge is 2.16. The lowest BCUT2D eigenvalue weighted by Gasteiger charge is -2.15. The van der Waals surface area contributed by atoms with Crippen molar-refractivity contribution in [2.24, 2.45) is 0 Å². The largest absolute Gasteiger partial charge is 0.306 e. The SMILES string of the molecule is C=Cc1ccc(C2CCCN(C)CC2)cc1. The lowest BCUT2D eigenvalue weighted by molar-refractivity contribution is 0.347. The Bertz CT molecular complexity index is 339. The van der Waals surface area contributed by atoms with Crippen molar-refractivity contribution >= 4 is 6.08 Å². The van der Waals surface area contributed by atoms with Gasteiger partial charge in [-0.15, -0.1) is 0 Å². The van der Waals surface area contributed by atoms with E-state index in [-0.39, 0.29) is 0 Å². The first-order valence-corrected chi connectivity index (χ1v) is 6.20. The van der Waals surface area contributed by atoms with E-state index in [0.29, 0.717) is 0 Å². The molecule has 0 aromatic heterocycles. The Kier molecular flexibility index (Phi) is 3.79. The van der Waals surface area contributed by atoms with Crippen molar-refractivity contribution in [3.8, 4) is 0 Å². The van der Waals surface area contributed by atoms with Crippen molar-refractivity contribution in [2.75, 3.05) is 20.1 Å². The van der Waals surface area contributed by atoms with E-state index in [2.05, 4.69) is 42.8 Å². The van der Waals surface area contributed by atoms with Crippen LogP contribution < -0.4 is 0 Å². The van der Waals surface area contributed by atoms with Gasteiger partial charge in [0.25, 0.3) is 0 Å². The molecule has 1 unspecified atom stereocenters. The monoisotopic (exact) mass is 215 g/mol. The van der Waals surface area contributed by atoms with Gasteiger partial charge in [0.1, 0.15) is 0 Å². The van der Waals surface area contributed by atoms with Crippen LogP contribution in [-0.2, 0) is 0 Å². The van der Waals surface area contributed by atoms with Crippen molar-refractivity contribution in [1.29, 1.82) is 0 Å². The summed E-state index contributed by atoms with van der Waals surface area (Å²) in [6.45, 7) is 6.27. The van der Waals surface area contributed by atoms with Crippen LogP contribution in [0.3, 0.4) is 0 Å². The Balaban J connectivity index is 2.07. The number of likely N-dealkylation sites (tertiary alicyclic amines) is 1. The van der Waals surface area contributed by atoms with Crippen molar-refractivity contribution in [3.63, 3.8) is 0 Å². The molecule has 1 atom stereocenters. The van der Waals surface area contributed by atoms with Crippen LogP contribution in [0.5, 0.6) is 0 Å². The van der Waals surface area contributed by atoms with Gasteiger partial charge in [-0.05, 0) is 56.4 Å². The van der Waals surface area contributed by atoms with E-state index in [4.69, 9.17) is 0 Å². The van der Waals surface area contributed by atoms with Crippen molar-refractivity contribution in [1.82, 2.24) is 4.90 Å². The molecule has 1 heteroatoms. The molecule has 1 aromatic carbocycles. The minimum Gasteiger partial charge on any atom is -0.306 e. The molecule has 16 heavy (non-hydrogen) atoms. The normalized spacial score (nSPS) is 22.7. The number of rotatable bonds is 2. The van der Waals surface area contributed by atoms with E-state index in [1.54, 1.807) is 0 Å². The molecule has 1 aliphatic rings. The summed E-state index contributed by atoms with van der Waals surface area (Å²) >= 11 is 0. The smallest absolute Gasteiger partial charge is 0.00160 e. The molecule has 1 aromatic rings. The van der Waals surface area contributed by atoms with Crippen molar-refractivity contribution in [2.45, 2.75) is 25.2 Å². The highest BCUT2D eigenvalue weighted by atomic mass is 15.1. The minimum atomic E-state index is 0.754. The van der Waals surface area contributed by atoms with Gasteiger partial charge in [-0.2, -0.15) is 0 Å². The Morgan fingerprint density at radius 1 is 1.19 bits per heavy atom. The Hall–Kier alpha value is -1.08. The van der Waals surface area contributed by atoms with E-state index < -0.39 is 0 Å². The molecule has 1 heterocycles. The summed E-state index contributed by atoms with van der Waals surface area (Å²) in [6, 6.07) is 8.90. The number of hydrogen-bond donors (Lipinski definition) is 0. The van der Waals surface area contributed by atoms with Crippen LogP contribution in [0.4, 0.5) is 0 Å². The maximum atomic E-state index is 3.79. The zero-order valence-electron chi connectivity index (χ0n) is 10.2. The molecule has 1 saturated heterocycles. The first kappa shape index (κ1) is 11.4. The summed E-state index contributed by atoms with van der Waals surface area (Å²) in [7, 11) is 2.23. The molecule has 1 fully saturated rings. The van der Waals surface area contributed by atoms with Gasteiger partial charge in [-0.25, -0.2) is 0 Å². The standard InChI is InChI=1S/C15H21N/c1-3-13-6-8-15(9-7-13)14-5-4-11-16(2)12-10-14/h3,6-9,14H,1,4-5,10-12H2,2H3. The average molecular weight is 215 g/mol. The van der Waals surface area contributed by atoms with Crippen LogP contribution in [0.2, 0.25) is 0 Å². The third kappa shape index (κ3) is 2.73. The topological polar surface area (TPSA) is 3.24 Å².